The van der Waals surface area contributed by atoms with Gasteiger partial charge in [-0.05, 0) is 55.2 Å². The van der Waals surface area contributed by atoms with Gasteiger partial charge < -0.3 is 4.74 Å². The number of benzene rings is 3. The molecule has 4 rings (SSSR count). The molecule has 0 spiro atoms. The van der Waals surface area contributed by atoms with Gasteiger partial charge in [-0.1, -0.05) is 54.6 Å². The molecular weight excluding hydrogens is 404 g/mol. The lowest BCUT2D eigenvalue weighted by Gasteiger charge is -2.29. The second-order valence-corrected chi connectivity index (χ2v) is 8.15. The van der Waals surface area contributed by atoms with Gasteiger partial charge in [0.2, 0.25) is 0 Å². The summed E-state index contributed by atoms with van der Waals surface area (Å²) >= 11 is 0. The van der Waals surface area contributed by atoms with Crippen molar-refractivity contribution < 1.29 is 22.3 Å². The fourth-order valence-corrected chi connectivity index (χ4v) is 4.27. The summed E-state index contributed by atoms with van der Waals surface area (Å²) in [7, 11) is 0. The van der Waals surface area contributed by atoms with Crippen LogP contribution < -0.4 is 0 Å². The standard InChI is InChI=1S/C26H24F4O/c1-16-7-13-21(25(29)23(16)27)18-8-11-20(12-9-18)31-15-19-10-14-22(26(30)24(19)28)17-5-3-2-4-6-17/h2-7,10,13-14,18,20H,8-9,11-12,15H2,1H3. The van der Waals surface area contributed by atoms with Gasteiger partial charge in [0.05, 0.1) is 12.7 Å². The van der Waals surface area contributed by atoms with E-state index in [9.17, 15) is 17.6 Å². The van der Waals surface area contributed by atoms with E-state index in [2.05, 4.69) is 0 Å². The van der Waals surface area contributed by atoms with Gasteiger partial charge in [0, 0.05) is 11.1 Å². The number of halogens is 4. The van der Waals surface area contributed by atoms with E-state index in [1.54, 1.807) is 55.5 Å². The first kappa shape index (κ1) is 21.6. The zero-order valence-corrected chi connectivity index (χ0v) is 17.3. The molecular formula is C26H24F4O. The van der Waals surface area contributed by atoms with Gasteiger partial charge in [-0.25, -0.2) is 17.6 Å². The third-order valence-corrected chi connectivity index (χ3v) is 6.14. The quantitative estimate of drug-likeness (QED) is 0.383. The molecule has 1 aliphatic carbocycles. The van der Waals surface area contributed by atoms with Gasteiger partial charge >= 0.3 is 0 Å². The van der Waals surface area contributed by atoms with Crippen molar-refractivity contribution in [2.24, 2.45) is 0 Å². The minimum Gasteiger partial charge on any atom is -0.373 e. The van der Waals surface area contributed by atoms with Crippen LogP contribution in [0.4, 0.5) is 17.6 Å². The maximum atomic E-state index is 14.6. The second kappa shape index (κ2) is 9.23. The average Bonchev–Trinajstić information content (AvgIpc) is 2.80. The van der Waals surface area contributed by atoms with Crippen LogP contribution in [-0.2, 0) is 11.3 Å². The van der Waals surface area contributed by atoms with E-state index < -0.39 is 23.3 Å². The van der Waals surface area contributed by atoms with Crippen molar-refractivity contribution in [2.75, 3.05) is 0 Å². The largest absolute Gasteiger partial charge is 0.373 e. The summed E-state index contributed by atoms with van der Waals surface area (Å²) in [5, 5.41) is 0. The van der Waals surface area contributed by atoms with Crippen molar-refractivity contribution in [1.29, 1.82) is 0 Å². The molecule has 0 aliphatic heterocycles. The maximum Gasteiger partial charge on any atom is 0.167 e. The van der Waals surface area contributed by atoms with Gasteiger partial charge in [-0.15, -0.1) is 0 Å². The van der Waals surface area contributed by atoms with Gasteiger partial charge in [-0.2, -0.15) is 0 Å². The van der Waals surface area contributed by atoms with Gasteiger partial charge in [-0.3, -0.25) is 0 Å². The SMILES string of the molecule is Cc1ccc(C2CCC(OCc3ccc(-c4ccccc4)c(F)c3F)CC2)c(F)c1F. The summed E-state index contributed by atoms with van der Waals surface area (Å²) in [6, 6.07) is 15.2. The van der Waals surface area contributed by atoms with Crippen LogP contribution in [0.15, 0.2) is 54.6 Å². The van der Waals surface area contributed by atoms with Crippen LogP contribution in [0.2, 0.25) is 0 Å². The highest BCUT2D eigenvalue weighted by atomic mass is 19.2. The minimum atomic E-state index is -0.896. The normalized spacial score (nSPS) is 18.9. The van der Waals surface area contributed by atoms with Crippen LogP contribution >= 0.6 is 0 Å². The molecule has 0 atom stereocenters. The molecule has 0 amide bonds. The summed E-state index contributed by atoms with van der Waals surface area (Å²) in [6.45, 7) is 1.52. The Labute approximate surface area is 179 Å². The van der Waals surface area contributed by atoms with E-state index in [0.717, 1.165) is 0 Å². The number of rotatable bonds is 5. The van der Waals surface area contributed by atoms with E-state index in [1.165, 1.54) is 0 Å². The Morgan fingerprint density at radius 1 is 0.742 bits per heavy atom. The minimum absolute atomic E-state index is 0.0271. The summed E-state index contributed by atoms with van der Waals surface area (Å²) in [5.41, 5.74) is 1.71. The maximum absolute atomic E-state index is 14.6. The zero-order valence-electron chi connectivity index (χ0n) is 17.3. The Morgan fingerprint density at radius 2 is 1.45 bits per heavy atom. The van der Waals surface area contributed by atoms with E-state index in [-0.39, 0.29) is 29.8 Å². The fraction of sp³-hybridized carbons (Fsp3) is 0.308. The van der Waals surface area contributed by atoms with Gasteiger partial charge in [0.1, 0.15) is 0 Å². The predicted octanol–water partition coefficient (Wildman–Crippen LogP) is 7.46. The lowest BCUT2D eigenvalue weighted by molar-refractivity contribution is 0.0116. The number of hydrogen-bond donors (Lipinski definition) is 0. The van der Waals surface area contributed by atoms with Crippen molar-refractivity contribution >= 4 is 0 Å². The first-order valence-electron chi connectivity index (χ1n) is 10.5. The van der Waals surface area contributed by atoms with Crippen LogP contribution in [0, 0.1) is 30.2 Å². The molecule has 0 bridgehead atoms. The zero-order chi connectivity index (χ0) is 22.0. The number of hydrogen-bond acceptors (Lipinski definition) is 1. The first-order valence-corrected chi connectivity index (χ1v) is 10.5. The van der Waals surface area contributed by atoms with Crippen LogP contribution in [-0.4, -0.2) is 6.10 Å². The molecule has 1 saturated carbocycles. The molecule has 0 radical (unpaired) electrons. The van der Waals surface area contributed by atoms with E-state index in [1.807, 2.05) is 6.07 Å². The van der Waals surface area contributed by atoms with Gasteiger partial charge in [0.15, 0.2) is 23.3 Å². The average molecular weight is 428 g/mol. The summed E-state index contributed by atoms with van der Waals surface area (Å²) in [5.74, 6) is -3.39. The van der Waals surface area contributed by atoms with Crippen molar-refractivity contribution in [3.63, 3.8) is 0 Å². The summed E-state index contributed by atoms with van der Waals surface area (Å²) in [4.78, 5) is 0. The van der Waals surface area contributed by atoms with E-state index in [4.69, 9.17) is 4.74 Å². The fourth-order valence-electron chi connectivity index (χ4n) is 4.27. The Hall–Kier alpha value is -2.66. The second-order valence-electron chi connectivity index (χ2n) is 8.15. The molecule has 0 unspecified atom stereocenters. The molecule has 0 heterocycles. The first-order chi connectivity index (χ1) is 15.0. The Morgan fingerprint density at radius 3 is 2.16 bits per heavy atom. The number of ether oxygens (including phenoxy) is 1. The van der Waals surface area contributed by atoms with Crippen LogP contribution in [0.3, 0.4) is 0 Å². The monoisotopic (exact) mass is 428 g/mol. The van der Waals surface area contributed by atoms with Crippen LogP contribution in [0.1, 0.15) is 48.3 Å². The van der Waals surface area contributed by atoms with Crippen molar-refractivity contribution in [3.8, 4) is 11.1 Å². The third-order valence-electron chi connectivity index (χ3n) is 6.14. The van der Waals surface area contributed by atoms with Crippen molar-refractivity contribution in [2.45, 2.75) is 51.2 Å². The molecule has 162 valence electrons. The molecule has 5 heteroatoms. The Bertz CT molecular complexity index is 1060. The molecule has 1 fully saturated rings. The highest BCUT2D eigenvalue weighted by Gasteiger charge is 2.26. The van der Waals surface area contributed by atoms with E-state index >= 15 is 0 Å². The smallest absolute Gasteiger partial charge is 0.167 e. The molecule has 0 N–H and O–H groups in total. The highest BCUT2D eigenvalue weighted by Crippen LogP contribution is 2.36. The molecule has 3 aromatic rings. The Kier molecular flexibility index (Phi) is 6.42. The molecule has 0 aromatic heterocycles. The highest BCUT2D eigenvalue weighted by molar-refractivity contribution is 5.64. The summed E-state index contributed by atoms with van der Waals surface area (Å²) in [6.07, 6.45) is 2.52. The third kappa shape index (κ3) is 4.52. The van der Waals surface area contributed by atoms with Crippen LogP contribution in [0.5, 0.6) is 0 Å². The molecule has 31 heavy (non-hydrogen) atoms. The predicted molar refractivity (Wildman–Crippen MR) is 113 cm³/mol. The van der Waals surface area contributed by atoms with Crippen molar-refractivity contribution in [3.05, 3.63) is 94.6 Å². The van der Waals surface area contributed by atoms with Crippen molar-refractivity contribution in [1.82, 2.24) is 0 Å². The molecule has 0 saturated heterocycles. The summed E-state index contributed by atoms with van der Waals surface area (Å²) < 4.78 is 63.1. The van der Waals surface area contributed by atoms with Gasteiger partial charge in [0.25, 0.3) is 0 Å². The number of aryl methyl sites for hydroxylation is 1. The van der Waals surface area contributed by atoms with E-state index in [0.29, 0.717) is 42.4 Å². The van der Waals surface area contributed by atoms with Crippen LogP contribution in [0.25, 0.3) is 11.1 Å². The topological polar surface area (TPSA) is 9.23 Å². The Balaban J connectivity index is 1.37. The molecule has 1 nitrogen and oxygen atoms in total. The lowest BCUT2D eigenvalue weighted by atomic mass is 9.82. The lowest BCUT2D eigenvalue weighted by Crippen LogP contribution is -2.21. The molecule has 3 aromatic carbocycles. The molecule has 1 aliphatic rings.